The number of fused-ring (bicyclic) bond motifs is 7. The van der Waals surface area contributed by atoms with E-state index >= 15 is 0 Å². The van der Waals surface area contributed by atoms with Gasteiger partial charge in [-0.2, -0.15) is 0 Å². The van der Waals surface area contributed by atoms with Gasteiger partial charge in [-0.15, -0.1) is 0 Å². The molecule has 1 fully saturated rings. The first-order chi connectivity index (χ1) is 27.3. The van der Waals surface area contributed by atoms with E-state index in [-0.39, 0.29) is 0 Å². The molecule has 2 aromatic heterocycles. The van der Waals surface area contributed by atoms with E-state index in [4.69, 9.17) is 8.83 Å². The van der Waals surface area contributed by atoms with Crippen molar-refractivity contribution in [1.29, 1.82) is 0 Å². The SMILES string of the molecule is c1ccc(-c2cccc3cccc(-c4ccccc4N(c4ccc5c(c4)oc4ccc(C6CCCCC6)cc45)c4ccc5oc6ccccc6c5c4)c23)cc1. The summed E-state index contributed by atoms with van der Waals surface area (Å²) in [6.07, 6.45) is 6.55. The third-order valence-electron chi connectivity index (χ3n) is 11.9. The summed E-state index contributed by atoms with van der Waals surface area (Å²) < 4.78 is 13.0. The number of hydrogen-bond acceptors (Lipinski definition) is 3. The summed E-state index contributed by atoms with van der Waals surface area (Å²) in [6.45, 7) is 0. The van der Waals surface area contributed by atoms with Gasteiger partial charge in [0.2, 0.25) is 0 Å². The van der Waals surface area contributed by atoms with Crippen molar-refractivity contribution in [3.63, 3.8) is 0 Å². The monoisotopic (exact) mass is 709 g/mol. The van der Waals surface area contributed by atoms with Crippen molar-refractivity contribution >= 4 is 71.7 Å². The van der Waals surface area contributed by atoms with Crippen molar-refractivity contribution in [2.24, 2.45) is 0 Å². The van der Waals surface area contributed by atoms with E-state index in [0.29, 0.717) is 5.92 Å². The van der Waals surface area contributed by atoms with Gasteiger partial charge in [0.25, 0.3) is 0 Å². The van der Waals surface area contributed by atoms with Crippen LogP contribution < -0.4 is 4.90 Å². The molecule has 0 aliphatic heterocycles. The number of hydrogen-bond donors (Lipinski definition) is 0. The van der Waals surface area contributed by atoms with Crippen LogP contribution in [-0.4, -0.2) is 0 Å². The van der Waals surface area contributed by atoms with Crippen LogP contribution in [0.3, 0.4) is 0 Å². The average molecular weight is 710 g/mol. The number of para-hydroxylation sites is 2. The lowest BCUT2D eigenvalue weighted by Gasteiger charge is -2.28. The topological polar surface area (TPSA) is 29.5 Å². The fourth-order valence-electron chi connectivity index (χ4n) is 9.21. The van der Waals surface area contributed by atoms with E-state index in [1.807, 2.05) is 12.1 Å². The fraction of sp³-hybridized carbons (Fsp3) is 0.115. The second kappa shape index (κ2) is 13.1. The first-order valence-corrected chi connectivity index (χ1v) is 19.6. The lowest BCUT2D eigenvalue weighted by Crippen LogP contribution is -2.11. The molecular formula is C52H39NO2. The number of nitrogens with zero attached hydrogens (tertiary/aromatic N) is 1. The molecule has 0 amide bonds. The van der Waals surface area contributed by atoms with Gasteiger partial charge in [-0.05, 0) is 106 Å². The van der Waals surface area contributed by atoms with Crippen LogP contribution in [0.5, 0.6) is 0 Å². The van der Waals surface area contributed by atoms with Gasteiger partial charge in [0.05, 0.1) is 5.69 Å². The van der Waals surface area contributed by atoms with Crippen molar-refractivity contribution < 1.29 is 8.83 Å². The molecule has 1 aliphatic carbocycles. The summed E-state index contributed by atoms with van der Waals surface area (Å²) >= 11 is 0. The van der Waals surface area contributed by atoms with Gasteiger partial charge in [-0.1, -0.05) is 128 Å². The van der Waals surface area contributed by atoms with Crippen LogP contribution in [0.1, 0.15) is 43.6 Å². The van der Waals surface area contributed by atoms with Gasteiger partial charge < -0.3 is 13.7 Å². The maximum absolute atomic E-state index is 6.67. The van der Waals surface area contributed by atoms with Crippen LogP contribution in [-0.2, 0) is 0 Å². The molecule has 264 valence electrons. The highest BCUT2D eigenvalue weighted by Crippen LogP contribution is 2.47. The van der Waals surface area contributed by atoms with Crippen LogP contribution in [0.15, 0.2) is 179 Å². The highest BCUT2D eigenvalue weighted by atomic mass is 16.3. The highest BCUT2D eigenvalue weighted by molar-refractivity contribution is 6.11. The number of anilines is 3. The Kier molecular flexibility index (Phi) is 7.58. The minimum atomic E-state index is 0.639. The summed E-state index contributed by atoms with van der Waals surface area (Å²) in [7, 11) is 0. The molecule has 0 spiro atoms. The largest absolute Gasteiger partial charge is 0.456 e. The maximum Gasteiger partial charge on any atom is 0.137 e. The second-order valence-electron chi connectivity index (χ2n) is 15.1. The lowest BCUT2D eigenvalue weighted by molar-refractivity contribution is 0.444. The van der Waals surface area contributed by atoms with Gasteiger partial charge in [0.1, 0.15) is 22.3 Å². The molecular weight excluding hydrogens is 671 g/mol. The van der Waals surface area contributed by atoms with Crippen LogP contribution >= 0.6 is 0 Å². The van der Waals surface area contributed by atoms with Gasteiger partial charge >= 0.3 is 0 Å². The Balaban J connectivity index is 1.13. The van der Waals surface area contributed by atoms with Gasteiger partial charge in [0.15, 0.2) is 0 Å². The molecule has 1 aliphatic rings. The quantitative estimate of drug-likeness (QED) is 0.172. The third kappa shape index (κ3) is 5.41. The van der Waals surface area contributed by atoms with Crippen molar-refractivity contribution in [3.8, 4) is 22.3 Å². The second-order valence-corrected chi connectivity index (χ2v) is 15.1. The predicted molar refractivity (Wildman–Crippen MR) is 230 cm³/mol. The van der Waals surface area contributed by atoms with Crippen molar-refractivity contribution in [1.82, 2.24) is 0 Å². The normalized spacial score (nSPS) is 13.7. The first kappa shape index (κ1) is 31.9. The molecule has 2 heterocycles. The smallest absolute Gasteiger partial charge is 0.137 e. The molecule has 0 unspecified atom stereocenters. The standard InChI is InChI=1S/C52H39NO2/c1-3-13-34(14-4-1)37-25-29-49-45(31-37)43-28-26-39(33-51(43)55-49)53(38-27-30-50-46(32-38)42-20-8-10-24-48(42)54-50)47-23-9-7-19-41(47)44-22-12-18-36-17-11-21-40(52(36)44)35-15-5-2-6-16-35/h2,5-12,15-34H,1,3-4,13-14H2. The zero-order valence-corrected chi connectivity index (χ0v) is 30.5. The Bertz CT molecular complexity index is 3030. The molecule has 0 atom stereocenters. The molecule has 11 rings (SSSR count). The number of furan rings is 2. The van der Waals surface area contributed by atoms with Crippen LogP contribution in [0.25, 0.3) is 76.9 Å². The maximum atomic E-state index is 6.67. The first-order valence-electron chi connectivity index (χ1n) is 19.6. The number of benzene rings is 8. The van der Waals surface area contributed by atoms with Crippen molar-refractivity contribution in [2.75, 3.05) is 4.90 Å². The predicted octanol–water partition coefficient (Wildman–Crippen LogP) is 15.5. The fourth-order valence-corrected chi connectivity index (χ4v) is 9.21. The minimum Gasteiger partial charge on any atom is -0.456 e. The Morgan fingerprint density at radius 2 is 1.05 bits per heavy atom. The van der Waals surface area contributed by atoms with E-state index in [1.165, 1.54) is 70.5 Å². The molecule has 1 saturated carbocycles. The Hall–Kier alpha value is -6.58. The van der Waals surface area contributed by atoms with E-state index in [2.05, 4.69) is 163 Å². The van der Waals surface area contributed by atoms with Gasteiger partial charge in [-0.3, -0.25) is 0 Å². The molecule has 0 saturated heterocycles. The molecule has 0 N–H and O–H groups in total. The summed E-state index contributed by atoms with van der Waals surface area (Å²) in [5, 5.41) is 7.00. The average Bonchev–Trinajstić information content (AvgIpc) is 3.81. The zero-order chi connectivity index (χ0) is 36.3. The van der Waals surface area contributed by atoms with E-state index < -0.39 is 0 Å². The van der Waals surface area contributed by atoms with Crippen molar-refractivity contribution in [2.45, 2.75) is 38.0 Å². The van der Waals surface area contributed by atoms with E-state index in [1.54, 1.807) is 0 Å². The van der Waals surface area contributed by atoms with Crippen LogP contribution in [0.4, 0.5) is 17.1 Å². The molecule has 0 radical (unpaired) electrons. The summed E-state index contributed by atoms with van der Waals surface area (Å²) in [5.41, 5.74) is 13.0. The molecule has 10 aromatic rings. The molecule has 0 bridgehead atoms. The zero-order valence-electron chi connectivity index (χ0n) is 30.5. The summed E-state index contributed by atoms with van der Waals surface area (Å²) in [6, 6.07) is 61.3. The van der Waals surface area contributed by atoms with Crippen LogP contribution in [0, 0.1) is 0 Å². The Morgan fingerprint density at radius 1 is 0.418 bits per heavy atom. The van der Waals surface area contributed by atoms with Crippen LogP contribution in [0.2, 0.25) is 0 Å². The Morgan fingerprint density at radius 3 is 1.93 bits per heavy atom. The van der Waals surface area contributed by atoms with E-state index in [9.17, 15) is 0 Å². The highest BCUT2D eigenvalue weighted by Gasteiger charge is 2.23. The van der Waals surface area contributed by atoms with Gasteiger partial charge in [-0.25, -0.2) is 0 Å². The summed E-state index contributed by atoms with van der Waals surface area (Å²) in [4.78, 5) is 2.39. The number of rotatable bonds is 6. The summed E-state index contributed by atoms with van der Waals surface area (Å²) in [5.74, 6) is 0.639. The molecule has 55 heavy (non-hydrogen) atoms. The minimum absolute atomic E-state index is 0.639. The Labute approximate surface area is 320 Å². The lowest BCUT2D eigenvalue weighted by atomic mass is 9.84. The molecule has 8 aromatic carbocycles. The molecule has 3 nitrogen and oxygen atoms in total. The van der Waals surface area contributed by atoms with E-state index in [0.717, 1.165) is 61.1 Å². The van der Waals surface area contributed by atoms with Gasteiger partial charge in [0, 0.05) is 44.5 Å². The molecule has 3 heteroatoms. The van der Waals surface area contributed by atoms with Crippen molar-refractivity contribution in [3.05, 3.63) is 175 Å². The third-order valence-corrected chi connectivity index (χ3v) is 11.9.